The molecule has 0 aromatic rings. The molecule has 0 amide bonds. The van der Waals surface area contributed by atoms with Crippen molar-refractivity contribution in [3.05, 3.63) is 12.4 Å². The van der Waals surface area contributed by atoms with Crippen LogP contribution in [0.1, 0.15) is 213 Å². The van der Waals surface area contributed by atoms with Gasteiger partial charge in [0.15, 0.2) is 0 Å². The van der Waals surface area contributed by atoms with E-state index in [1.165, 1.54) is 206 Å². The Morgan fingerprint density at radius 2 is 0.575 bits per heavy atom. The summed E-state index contributed by atoms with van der Waals surface area (Å²) < 4.78 is 0. The molecule has 0 spiro atoms. The number of rotatable bonds is 32. The fourth-order valence-corrected chi connectivity index (χ4v) is 6.54. The summed E-state index contributed by atoms with van der Waals surface area (Å²) in [4.78, 5) is 5.41. The standard InChI is InChI=1S/C38H76N2/c1-4-7-10-13-15-17-19-20-21-22-23-25-27-30-33-38-39(34-31-28-12-9-6-3)36-37-40(38)35-32-29-26-24-18-16-14-11-8-5-2/h36-38H,4-35H2,1-3H3. The smallest absolute Gasteiger partial charge is 0.101 e. The van der Waals surface area contributed by atoms with Crippen LogP contribution in [0, 0.1) is 0 Å². The van der Waals surface area contributed by atoms with E-state index < -0.39 is 0 Å². The Morgan fingerprint density at radius 1 is 0.325 bits per heavy atom. The molecule has 0 aromatic heterocycles. The minimum atomic E-state index is 0.641. The summed E-state index contributed by atoms with van der Waals surface area (Å²) in [5, 5.41) is 0. The molecule has 2 heteroatoms. The highest BCUT2D eigenvalue weighted by Gasteiger charge is 2.24. The highest BCUT2D eigenvalue weighted by atomic mass is 15.4. The second-order valence-electron chi connectivity index (χ2n) is 13.2. The van der Waals surface area contributed by atoms with Gasteiger partial charge in [0, 0.05) is 25.5 Å². The molecular formula is C38H76N2. The molecule has 0 N–H and O–H groups in total. The average molecular weight is 561 g/mol. The van der Waals surface area contributed by atoms with Crippen LogP contribution in [0.2, 0.25) is 0 Å². The van der Waals surface area contributed by atoms with Crippen molar-refractivity contribution in [1.29, 1.82) is 0 Å². The van der Waals surface area contributed by atoms with Crippen LogP contribution in [0.3, 0.4) is 0 Å². The molecule has 0 saturated carbocycles. The van der Waals surface area contributed by atoms with Gasteiger partial charge in [-0.3, -0.25) is 0 Å². The fraction of sp³-hybridized carbons (Fsp3) is 0.947. The molecule has 238 valence electrons. The van der Waals surface area contributed by atoms with Crippen LogP contribution in [-0.4, -0.2) is 29.1 Å². The summed E-state index contributed by atoms with van der Waals surface area (Å²) >= 11 is 0. The second-order valence-corrected chi connectivity index (χ2v) is 13.2. The lowest BCUT2D eigenvalue weighted by atomic mass is 10.0. The number of hydrogen-bond acceptors (Lipinski definition) is 2. The normalized spacial score (nSPS) is 15.1. The molecule has 2 nitrogen and oxygen atoms in total. The lowest BCUT2D eigenvalue weighted by molar-refractivity contribution is 0.135. The number of nitrogens with zero attached hydrogens (tertiary/aromatic N) is 2. The van der Waals surface area contributed by atoms with Crippen molar-refractivity contribution in [3.63, 3.8) is 0 Å². The van der Waals surface area contributed by atoms with Crippen molar-refractivity contribution in [1.82, 2.24) is 9.80 Å². The lowest BCUT2D eigenvalue weighted by Gasteiger charge is -2.33. The van der Waals surface area contributed by atoms with Crippen LogP contribution in [0.25, 0.3) is 0 Å². The topological polar surface area (TPSA) is 6.48 Å². The maximum Gasteiger partial charge on any atom is 0.101 e. The third-order valence-electron chi connectivity index (χ3n) is 9.32. The first kappa shape index (κ1) is 37.4. The van der Waals surface area contributed by atoms with Gasteiger partial charge >= 0.3 is 0 Å². The predicted molar refractivity (Wildman–Crippen MR) is 182 cm³/mol. The Labute approximate surface area is 254 Å². The molecule has 1 heterocycles. The Kier molecular flexibility index (Phi) is 27.9. The predicted octanol–water partition coefficient (Wildman–Crippen LogP) is 13.2. The van der Waals surface area contributed by atoms with Gasteiger partial charge in [-0.2, -0.15) is 0 Å². The van der Waals surface area contributed by atoms with Gasteiger partial charge in [0.05, 0.1) is 0 Å². The molecule has 0 radical (unpaired) electrons. The molecule has 1 aliphatic heterocycles. The minimum absolute atomic E-state index is 0.641. The van der Waals surface area contributed by atoms with Crippen molar-refractivity contribution in [3.8, 4) is 0 Å². The van der Waals surface area contributed by atoms with Gasteiger partial charge in [-0.05, 0) is 25.7 Å². The summed E-state index contributed by atoms with van der Waals surface area (Å²) in [5.74, 6) is 0. The van der Waals surface area contributed by atoms with E-state index in [4.69, 9.17) is 0 Å². The maximum absolute atomic E-state index is 2.71. The number of unbranched alkanes of at least 4 members (excludes halogenated alkanes) is 26. The van der Waals surface area contributed by atoms with Crippen LogP contribution >= 0.6 is 0 Å². The average Bonchev–Trinajstić information content (AvgIpc) is 3.35. The molecule has 0 fully saturated rings. The van der Waals surface area contributed by atoms with Crippen LogP contribution in [0.5, 0.6) is 0 Å². The van der Waals surface area contributed by atoms with Crippen molar-refractivity contribution in [2.24, 2.45) is 0 Å². The van der Waals surface area contributed by atoms with E-state index in [-0.39, 0.29) is 0 Å². The highest BCUT2D eigenvalue weighted by molar-refractivity contribution is 4.97. The van der Waals surface area contributed by atoms with E-state index in [9.17, 15) is 0 Å². The number of hydrogen-bond donors (Lipinski definition) is 0. The van der Waals surface area contributed by atoms with Gasteiger partial charge in [-0.1, -0.05) is 188 Å². The van der Waals surface area contributed by atoms with E-state index >= 15 is 0 Å². The zero-order valence-electron chi connectivity index (χ0n) is 28.3. The molecule has 0 saturated heterocycles. The molecule has 0 bridgehead atoms. The van der Waals surface area contributed by atoms with Gasteiger partial charge < -0.3 is 9.80 Å². The Balaban J connectivity index is 2.16. The zero-order valence-corrected chi connectivity index (χ0v) is 28.3. The van der Waals surface area contributed by atoms with Gasteiger partial charge in [-0.15, -0.1) is 0 Å². The Hall–Kier alpha value is -0.660. The van der Waals surface area contributed by atoms with Gasteiger partial charge in [-0.25, -0.2) is 0 Å². The zero-order chi connectivity index (χ0) is 28.8. The molecule has 1 aliphatic rings. The summed E-state index contributed by atoms with van der Waals surface area (Å²) in [6.45, 7) is 9.47. The lowest BCUT2D eigenvalue weighted by Crippen LogP contribution is -2.39. The van der Waals surface area contributed by atoms with Crippen molar-refractivity contribution in [2.75, 3.05) is 13.1 Å². The van der Waals surface area contributed by atoms with Crippen molar-refractivity contribution < 1.29 is 0 Å². The van der Waals surface area contributed by atoms with Crippen LogP contribution < -0.4 is 0 Å². The summed E-state index contributed by atoms with van der Waals surface area (Å²) in [6.07, 6.45) is 48.5. The molecule has 40 heavy (non-hydrogen) atoms. The summed E-state index contributed by atoms with van der Waals surface area (Å²) in [5.41, 5.74) is 0. The van der Waals surface area contributed by atoms with E-state index in [1.807, 2.05) is 0 Å². The Morgan fingerprint density at radius 3 is 0.875 bits per heavy atom. The van der Waals surface area contributed by atoms with Crippen molar-refractivity contribution in [2.45, 2.75) is 220 Å². The first-order chi connectivity index (χ1) is 19.8. The van der Waals surface area contributed by atoms with Crippen molar-refractivity contribution >= 4 is 0 Å². The van der Waals surface area contributed by atoms with Crippen LogP contribution in [0.4, 0.5) is 0 Å². The maximum atomic E-state index is 2.71. The molecule has 1 atom stereocenters. The van der Waals surface area contributed by atoms with E-state index in [1.54, 1.807) is 0 Å². The molecule has 1 unspecified atom stereocenters. The quantitative estimate of drug-likeness (QED) is 0.0755. The second kappa shape index (κ2) is 29.8. The molecular weight excluding hydrogens is 484 g/mol. The molecule has 0 aromatic carbocycles. The highest BCUT2D eigenvalue weighted by Crippen LogP contribution is 2.24. The summed E-state index contributed by atoms with van der Waals surface area (Å²) in [6, 6.07) is 0. The van der Waals surface area contributed by atoms with E-state index in [0.29, 0.717) is 6.17 Å². The largest absolute Gasteiger partial charge is 0.356 e. The van der Waals surface area contributed by atoms with Crippen LogP contribution in [-0.2, 0) is 0 Å². The minimum Gasteiger partial charge on any atom is -0.356 e. The SMILES string of the molecule is CCCCCCCCCCCCCCCCC1N(CCCCCCC)C=CN1CCCCCCCCCCCC. The molecule has 1 rings (SSSR count). The third kappa shape index (κ3) is 22.0. The van der Waals surface area contributed by atoms with Gasteiger partial charge in [0.25, 0.3) is 0 Å². The fourth-order valence-electron chi connectivity index (χ4n) is 6.54. The summed E-state index contributed by atoms with van der Waals surface area (Å²) in [7, 11) is 0. The van der Waals surface area contributed by atoms with E-state index in [0.717, 1.165) is 0 Å². The Bertz CT molecular complexity index is 516. The first-order valence-corrected chi connectivity index (χ1v) is 19.0. The third-order valence-corrected chi connectivity index (χ3v) is 9.32. The molecule has 0 aliphatic carbocycles. The van der Waals surface area contributed by atoms with Gasteiger partial charge in [0.2, 0.25) is 0 Å². The van der Waals surface area contributed by atoms with Crippen LogP contribution in [0.15, 0.2) is 12.4 Å². The van der Waals surface area contributed by atoms with Gasteiger partial charge in [0.1, 0.15) is 6.17 Å². The first-order valence-electron chi connectivity index (χ1n) is 19.0. The van der Waals surface area contributed by atoms with E-state index in [2.05, 4.69) is 43.0 Å². The monoisotopic (exact) mass is 561 g/mol.